The number of hydrogen-bond donors (Lipinski definition) is 2. The highest BCUT2D eigenvalue weighted by molar-refractivity contribution is 5.40. The highest BCUT2D eigenvalue weighted by Crippen LogP contribution is 2.40. The van der Waals surface area contributed by atoms with Gasteiger partial charge in [-0.15, -0.1) is 0 Å². The minimum atomic E-state index is 0.119. The van der Waals surface area contributed by atoms with E-state index < -0.39 is 0 Å². The van der Waals surface area contributed by atoms with Crippen LogP contribution in [0.25, 0.3) is 0 Å². The second kappa shape index (κ2) is 5.35. The monoisotopic (exact) mass is 267 g/mol. The molecule has 0 fully saturated rings. The smallest absolute Gasteiger partial charge is 0.0640 e. The van der Waals surface area contributed by atoms with Gasteiger partial charge in [-0.3, -0.25) is 16.3 Å². The fourth-order valence-electron chi connectivity index (χ4n) is 3.21. The standard InChI is InChI=1S/C17H21N3/c1-11-7-12(2)17(19-10-11)16(20-18)9-14-8-13-5-3-4-6-15(13)14/h3-7,10,14,16,20H,8-9,18H2,1-2H3. The van der Waals surface area contributed by atoms with Crippen LogP contribution in [0.15, 0.2) is 36.5 Å². The maximum Gasteiger partial charge on any atom is 0.0640 e. The number of fused-ring (bicyclic) bond motifs is 1. The zero-order valence-electron chi connectivity index (χ0n) is 12.1. The van der Waals surface area contributed by atoms with Crippen molar-refractivity contribution in [3.8, 4) is 0 Å². The lowest BCUT2D eigenvalue weighted by atomic mass is 9.74. The van der Waals surface area contributed by atoms with Crippen LogP contribution < -0.4 is 11.3 Å². The van der Waals surface area contributed by atoms with Crippen LogP contribution in [0.1, 0.15) is 46.3 Å². The molecule has 2 aromatic rings. The number of nitrogens with two attached hydrogens (primary N) is 1. The van der Waals surface area contributed by atoms with Crippen molar-refractivity contribution in [1.29, 1.82) is 0 Å². The number of nitrogens with zero attached hydrogens (tertiary/aromatic N) is 1. The quantitative estimate of drug-likeness (QED) is 0.661. The Morgan fingerprint density at radius 3 is 2.85 bits per heavy atom. The fraction of sp³-hybridized carbons (Fsp3) is 0.353. The minimum absolute atomic E-state index is 0.119. The molecule has 0 bridgehead atoms. The van der Waals surface area contributed by atoms with E-state index in [2.05, 4.69) is 54.6 Å². The first-order valence-corrected chi connectivity index (χ1v) is 7.16. The summed E-state index contributed by atoms with van der Waals surface area (Å²) in [5.41, 5.74) is 9.36. The Balaban J connectivity index is 1.79. The highest BCUT2D eigenvalue weighted by Gasteiger charge is 2.29. The van der Waals surface area contributed by atoms with Crippen molar-refractivity contribution in [1.82, 2.24) is 10.4 Å². The summed E-state index contributed by atoms with van der Waals surface area (Å²) < 4.78 is 0. The number of aromatic nitrogens is 1. The van der Waals surface area contributed by atoms with Crippen LogP contribution in [-0.2, 0) is 6.42 Å². The number of hydrogen-bond acceptors (Lipinski definition) is 3. The highest BCUT2D eigenvalue weighted by atomic mass is 15.2. The Labute approximate surface area is 120 Å². The van der Waals surface area contributed by atoms with Crippen LogP contribution in [0.5, 0.6) is 0 Å². The molecular formula is C17H21N3. The summed E-state index contributed by atoms with van der Waals surface area (Å²) in [4.78, 5) is 4.57. The first-order valence-electron chi connectivity index (χ1n) is 7.16. The van der Waals surface area contributed by atoms with Gasteiger partial charge in [0, 0.05) is 6.20 Å². The molecular weight excluding hydrogens is 246 g/mol. The zero-order chi connectivity index (χ0) is 14.1. The lowest BCUT2D eigenvalue weighted by Gasteiger charge is -2.33. The van der Waals surface area contributed by atoms with Crippen LogP contribution in [0.2, 0.25) is 0 Å². The van der Waals surface area contributed by atoms with Crippen molar-refractivity contribution in [2.45, 2.75) is 38.6 Å². The summed E-state index contributed by atoms with van der Waals surface area (Å²) in [6.45, 7) is 4.17. The number of aryl methyl sites for hydroxylation is 2. The van der Waals surface area contributed by atoms with Crippen LogP contribution in [-0.4, -0.2) is 4.98 Å². The van der Waals surface area contributed by atoms with E-state index in [-0.39, 0.29) is 6.04 Å². The minimum Gasteiger partial charge on any atom is -0.271 e. The summed E-state index contributed by atoms with van der Waals surface area (Å²) >= 11 is 0. The van der Waals surface area contributed by atoms with Gasteiger partial charge in [0.15, 0.2) is 0 Å². The van der Waals surface area contributed by atoms with E-state index >= 15 is 0 Å². The molecule has 1 aromatic carbocycles. The van der Waals surface area contributed by atoms with Crippen molar-refractivity contribution < 1.29 is 0 Å². The molecule has 3 nitrogen and oxygen atoms in total. The molecule has 1 aromatic heterocycles. The van der Waals surface area contributed by atoms with Gasteiger partial charge in [-0.25, -0.2) is 0 Å². The average Bonchev–Trinajstić information content (AvgIpc) is 2.41. The molecule has 1 aliphatic rings. The van der Waals surface area contributed by atoms with Crippen LogP contribution in [0.3, 0.4) is 0 Å². The van der Waals surface area contributed by atoms with Crippen LogP contribution in [0, 0.1) is 13.8 Å². The topological polar surface area (TPSA) is 50.9 Å². The molecule has 3 heteroatoms. The number of benzene rings is 1. The molecule has 0 amide bonds. The van der Waals surface area contributed by atoms with E-state index in [0.29, 0.717) is 5.92 Å². The van der Waals surface area contributed by atoms with Crippen molar-refractivity contribution >= 4 is 0 Å². The van der Waals surface area contributed by atoms with Gasteiger partial charge in [-0.1, -0.05) is 30.3 Å². The van der Waals surface area contributed by atoms with Crippen molar-refractivity contribution in [2.75, 3.05) is 0 Å². The zero-order valence-corrected chi connectivity index (χ0v) is 12.1. The Bertz CT molecular complexity index is 621. The predicted octanol–water partition coefficient (Wildman–Crippen LogP) is 2.93. The van der Waals surface area contributed by atoms with Crippen LogP contribution in [0.4, 0.5) is 0 Å². The van der Waals surface area contributed by atoms with E-state index in [1.54, 1.807) is 0 Å². The molecule has 2 atom stereocenters. The molecule has 0 saturated carbocycles. The van der Waals surface area contributed by atoms with Gasteiger partial charge in [0.1, 0.15) is 0 Å². The number of pyridine rings is 1. The van der Waals surface area contributed by atoms with Crippen molar-refractivity contribution in [2.24, 2.45) is 5.84 Å². The summed E-state index contributed by atoms with van der Waals surface area (Å²) in [5.74, 6) is 6.36. The van der Waals surface area contributed by atoms with Gasteiger partial charge in [-0.2, -0.15) is 0 Å². The molecule has 0 radical (unpaired) electrons. The maximum atomic E-state index is 5.77. The lowest BCUT2D eigenvalue weighted by molar-refractivity contribution is 0.427. The van der Waals surface area contributed by atoms with Gasteiger partial charge in [0.25, 0.3) is 0 Å². The first-order chi connectivity index (χ1) is 9.69. The summed E-state index contributed by atoms with van der Waals surface area (Å²) in [6, 6.07) is 11.0. The van der Waals surface area contributed by atoms with Crippen molar-refractivity contribution in [3.63, 3.8) is 0 Å². The molecule has 2 unspecified atom stereocenters. The third-order valence-corrected chi connectivity index (χ3v) is 4.27. The number of rotatable bonds is 4. The third-order valence-electron chi connectivity index (χ3n) is 4.27. The predicted molar refractivity (Wildman–Crippen MR) is 81.3 cm³/mol. The van der Waals surface area contributed by atoms with E-state index in [4.69, 9.17) is 5.84 Å². The first kappa shape index (κ1) is 13.3. The number of hydrazine groups is 1. The summed E-state index contributed by atoms with van der Waals surface area (Å²) in [7, 11) is 0. The molecule has 104 valence electrons. The second-order valence-electron chi connectivity index (χ2n) is 5.77. The molecule has 1 heterocycles. The SMILES string of the molecule is Cc1cnc(C(CC2Cc3ccccc32)NN)c(C)c1. The molecule has 20 heavy (non-hydrogen) atoms. The van der Waals surface area contributed by atoms with Crippen molar-refractivity contribution in [3.05, 3.63) is 64.5 Å². The fourth-order valence-corrected chi connectivity index (χ4v) is 3.21. The maximum absolute atomic E-state index is 5.77. The Kier molecular flexibility index (Phi) is 3.55. The van der Waals surface area contributed by atoms with Gasteiger partial charge in [0.05, 0.1) is 11.7 Å². The lowest BCUT2D eigenvalue weighted by Crippen LogP contribution is -2.32. The van der Waals surface area contributed by atoms with E-state index in [1.165, 1.54) is 22.3 Å². The van der Waals surface area contributed by atoms with Crippen LogP contribution >= 0.6 is 0 Å². The van der Waals surface area contributed by atoms with E-state index in [9.17, 15) is 0 Å². The van der Waals surface area contributed by atoms with E-state index in [0.717, 1.165) is 18.5 Å². The molecule has 1 aliphatic carbocycles. The van der Waals surface area contributed by atoms with Gasteiger partial charge >= 0.3 is 0 Å². The normalized spacial score (nSPS) is 18.2. The largest absolute Gasteiger partial charge is 0.271 e. The van der Waals surface area contributed by atoms with Gasteiger partial charge in [0.2, 0.25) is 0 Å². The molecule has 3 rings (SSSR count). The summed E-state index contributed by atoms with van der Waals surface area (Å²) in [5, 5.41) is 0. The summed E-state index contributed by atoms with van der Waals surface area (Å²) in [6.07, 6.45) is 4.07. The molecule has 0 saturated heterocycles. The molecule has 0 aliphatic heterocycles. The Morgan fingerprint density at radius 2 is 2.15 bits per heavy atom. The van der Waals surface area contributed by atoms with Gasteiger partial charge < -0.3 is 0 Å². The van der Waals surface area contributed by atoms with E-state index in [1.807, 2.05) is 6.20 Å². The second-order valence-corrected chi connectivity index (χ2v) is 5.77. The molecule has 0 spiro atoms. The average molecular weight is 267 g/mol. The Morgan fingerprint density at radius 1 is 1.35 bits per heavy atom. The van der Waals surface area contributed by atoms with Gasteiger partial charge in [-0.05, 0) is 54.9 Å². The third kappa shape index (κ3) is 2.35. The Hall–Kier alpha value is -1.71. The number of nitrogens with one attached hydrogen (secondary N) is 1. The molecule has 3 N–H and O–H groups in total.